The number of aromatic nitrogens is 2. The van der Waals surface area contributed by atoms with Crippen LogP contribution in [0.15, 0.2) is 54.7 Å². The molecule has 3 N–H and O–H groups in total. The van der Waals surface area contributed by atoms with Gasteiger partial charge in [0.15, 0.2) is 11.5 Å². The van der Waals surface area contributed by atoms with Gasteiger partial charge in [0.1, 0.15) is 0 Å². The molecule has 4 rings (SSSR count). The average molecular weight is 362 g/mol. The van der Waals surface area contributed by atoms with Gasteiger partial charge in [-0.3, -0.25) is 4.79 Å². The highest BCUT2D eigenvalue weighted by atomic mass is 16.7. The topological polar surface area (TPSA) is 99.4 Å². The van der Waals surface area contributed by atoms with Crippen molar-refractivity contribution in [2.24, 2.45) is 5.73 Å². The highest BCUT2D eigenvalue weighted by molar-refractivity contribution is 5.93. The van der Waals surface area contributed by atoms with Gasteiger partial charge in [0.2, 0.25) is 18.6 Å². The number of benzene rings is 2. The molecule has 0 saturated heterocycles. The second kappa shape index (κ2) is 7.33. The first kappa shape index (κ1) is 16.8. The lowest BCUT2D eigenvalue weighted by Gasteiger charge is -2.08. The normalized spacial score (nSPS) is 12.0. The molecule has 3 aromatic rings. The molecule has 0 fully saturated rings. The van der Waals surface area contributed by atoms with E-state index in [4.69, 9.17) is 15.2 Å². The first-order valence-electron chi connectivity index (χ1n) is 8.55. The lowest BCUT2D eigenvalue weighted by molar-refractivity contribution is 0.100. The highest BCUT2D eigenvalue weighted by Gasteiger charge is 2.13. The Morgan fingerprint density at radius 2 is 1.89 bits per heavy atom. The summed E-state index contributed by atoms with van der Waals surface area (Å²) in [6.45, 7) is 0.960. The molecule has 0 radical (unpaired) electrons. The Hall–Kier alpha value is -3.61. The maximum Gasteiger partial charge on any atom is 0.248 e. The average Bonchev–Trinajstić information content (AvgIpc) is 3.16. The predicted octanol–water partition coefficient (Wildman–Crippen LogP) is 2.63. The van der Waals surface area contributed by atoms with Crippen molar-refractivity contribution in [1.82, 2.24) is 9.97 Å². The molecule has 1 amide bonds. The second-order valence-corrected chi connectivity index (χ2v) is 6.07. The van der Waals surface area contributed by atoms with Gasteiger partial charge in [-0.05, 0) is 42.3 Å². The van der Waals surface area contributed by atoms with Crippen molar-refractivity contribution in [2.75, 3.05) is 18.7 Å². The van der Waals surface area contributed by atoms with E-state index < -0.39 is 5.91 Å². The van der Waals surface area contributed by atoms with Gasteiger partial charge in [-0.25, -0.2) is 9.97 Å². The summed E-state index contributed by atoms with van der Waals surface area (Å²) >= 11 is 0. The van der Waals surface area contributed by atoms with Gasteiger partial charge in [0, 0.05) is 23.9 Å². The summed E-state index contributed by atoms with van der Waals surface area (Å²) in [7, 11) is 0. The Morgan fingerprint density at radius 1 is 1.07 bits per heavy atom. The molecule has 1 aromatic heterocycles. The number of rotatable bonds is 6. The van der Waals surface area contributed by atoms with E-state index in [0.29, 0.717) is 18.1 Å². The minimum atomic E-state index is -0.449. The number of nitrogens with zero attached hydrogens (tertiary/aromatic N) is 2. The van der Waals surface area contributed by atoms with Crippen LogP contribution in [0.4, 0.5) is 5.95 Å². The molecule has 0 bridgehead atoms. The van der Waals surface area contributed by atoms with Gasteiger partial charge in [-0.2, -0.15) is 0 Å². The van der Waals surface area contributed by atoms with E-state index in [2.05, 4.69) is 15.3 Å². The molecule has 27 heavy (non-hydrogen) atoms. The molecule has 7 nitrogen and oxygen atoms in total. The summed E-state index contributed by atoms with van der Waals surface area (Å²) in [5.41, 5.74) is 8.54. The molecule has 2 heterocycles. The van der Waals surface area contributed by atoms with Crippen LogP contribution in [0.1, 0.15) is 15.9 Å². The van der Waals surface area contributed by atoms with E-state index in [9.17, 15) is 4.79 Å². The molecule has 0 spiro atoms. The van der Waals surface area contributed by atoms with Crippen LogP contribution in [0, 0.1) is 0 Å². The molecular formula is C20H18N4O3. The third kappa shape index (κ3) is 3.82. The Balaban J connectivity index is 1.40. The Morgan fingerprint density at radius 3 is 2.70 bits per heavy atom. The van der Waals surface area contributed by atoms with Crippen molar-refractivity contribution in [3.8, 4) is 22.8 Å². The summed E-state index contributed by atoms with van der Waals surface area (Å²) in [5, 5.41) is 3.23. The third-order valence-corrected chi connectivity index (χ3v) is 4.25. The van der Waals surface area contributed by atoms with Crippen LogP contribution < -0.4 is 20.5 Å². The number of hydrogen-bond acceptors (Lipinski definition) is 6. The van der Waals surface area contributed by atoms with Crippen molar-refractivity contribution in [3.63, 3.8) is 0 Å². The molecule has 136 valence electrons. The number of nitrogens with two attached hydrogens (primary N) is 1. The zero-order chi connectivity index (χ0) is 18.6. The van der Waals surface area contributed by atoms with E-state index in [0.717, 1.165) is 34.7 Å². The molecular weight excluding hydrogens is 344 g/mol. The van der Waals surface area contributed by atoms with Crippen LogP contribution in [-0.2, 0) is 6.42 Å². The molecule has 2 aromatic carbocycles. The number of carbonyl (C=O) groups excluding carboxylic acids is 1. The quantitative estimate of drug-likeness (QED) is 0.699. The fourth-order valence-corrected chi connectivity index (χ4v) is 2.82. The smallest absolute Gasteiger partial charge is 0.248 e. The van der Waals surface area contributed by atoms with E-state index in [1.165, 1.54) is 0 Å². The third-order valence-electron chi connectivity index (χ3n) is 4.25. The van der Waals surface area contributed by atoms with Crippen molar-refractivity contribution >= 4 is 11.9 Å². The van der Waals surface area contributed by atoms with Gasteiger partial charge >= 0.3 is 0 Å². The zero-order valence-corrected chi connectivity index (χ0v) is 14.5. The Kier molecular flexibility index (Phi) is 4.57. The Labute approximate surface area is 156 Å². The number of nitrogens with one attached hydrogen (secondary N) is 1. The maximum atomic E-state index is 11.2. The van der Waals surface area contributed by atoms with E-state index in [1.54, 1.807) is 18.3 Å². The van der Waals surface area contributed by atoms with Crippen molar-refractivity contribution in [3.05, 3.63) is 65.9 Å². The predicted molar refractivity (Wildman–Crippen MR) is 101 cm³/mol. The molecule has 1 aliphatic heterocycles. The first-order valence-corrected chi connectivity index (χ1v) is 8.55. The SMILES string of the molecule is NC(=O)c1ccc(-c2ccnc(NCCc3ccc4c(c3)OCO4)n2)cc1. The molecule has 1 aliphatic rings. The fourth-order valence-electron chi connectivity index (χ4n) is 2.82. The number of primary amides is 1. The van der Waals surface area contributed by atoms with Crippen LogP contribution >= 0.6 is 0 Å². The number of fused-ring (bicyclic) bond motifs is 1. The van der Waals surface area contributed by atoms with Gasteiger partial charge in [-0.15, -0.1) is 0 Å². The van der Waals surface area contributed by atoms with Crippen LogP contribution in [-0.4, -0.2) is 29.2 Å². The monoisotopic (exact) mass is 362 g/mol. The maximum absolute atomic E-state index is 11.2. The standard InChI is InChI=1S/C20H18N4O3/c21-19(25)15-4-2-14(3-5-15)16-8-10-23-20(24-16)22-9-7-13-1-6-17-18(11-13)27-12-26-17/h1-6,8,10-11H,7,9,12H2,(H2,21,25)(H,22,23,24). The molecule has 0 atom stereocenters. The largest absolute Gasteiger partial charge is 0.454 e. The van der Waals surface area contributed by atoms with Gasteiger partial charge in [-0.1, -0.05) is 18.2 Å². The number of hydrogen-bond donors (Lipinski definition) is 2. The number of anilines is 1. The second-order valence-electron chi connectivity index (χ2n) is 6.07. The van der Waals surface area contributed by atoms with Crippen molar-refractivity contribution < 1.29 is 14.3 Å². The zero-order valence-electron chi connectivity index (χ0n) is 14.5. The summed E-state index contributed by atoms with van der Waals surface area (Å²) in [6, 6.07) is 14.8. The molecule has 0 saturated carbocycles. The summed E-state index contributed by atoms with van der Waals surface area (Å²) in [5.74, 6) is 1.66. The lowest BCUT2D eigenvalue weighted by atomic mass is 10.1. The van der Waals surface area contributed by atoms with Crippen LogP contribution in [0.2, 0.25) is 0 Å². The van der Waals surface area contributed by atoms with Gasteiger partial charge < -0.3 is 20.5 Å². The summed E-state index contributed by atoms with van der Waals surface area (Å²) in [6.07, 6.45) is 2.50. The summed E-state index contributed by atoms with van der Waals surface area (Å²) < 4.78 is 10.7. The molecule has 7 heteroatoms. The minimum Gasteiger partial charge on any atom is -0.454 e. The lowest BCUT2D eigenvalue weighted by Crippen LogP contribution is -2.10. The number of carbonyl (C=O) groups is 1. The highest BCUT2D eigenvalue weighted by Crippen LogP contribution is 2.32. The summed E-state index contributed by atoms with van der Waals surface area (Å²) in [4.78, 5) is 20.0. The van der Waals surface area contributed by atoms with Crippen molar-refractivity contribution in [1.29, 1.82) is 0 Å². The van der Waals surface area contributed by atoms with E-state index in [-0.39, 0.29) is 6.79 Å². The number of ether oxygens (including phenoxy) is 2. The Bertz CT molecular complexity index is 973. The van der Waals surface area contributed by atoms with E-state index >= 15 is 0 Å². The van der Waals surface area contributed by atoms with E-state index in [1.807, 2.05) is 36.4 Å². The minimum absolute atomic E-state index is 0.276. The molecule has 0 aliphatic carbocycles. The number of amides is 1. The van der Waals surface area contributed by atoms with Crippen molar-refractivity contribution in [2.45, 2.75) is 6.42 Å². The first-order chi connectivity index (χ1) is 13.2. The molecule has 0 unspecified atom stereocenters. The van der Waals surface area contributed by atoms with Gasteiger partial charge in [0.25, 0.3) is 0 Å². The van der Waals surface area contributed by atoms with Gasteiger partial charge in [0.05, 0.1) is 5.69 Å². The fraction of sp³-hybridized carbons (Fsp3) is 0.150. The van der Waals surface area contributed by atoms with Crippen LogP contribution in [0.5, 0.6) is 11.5 Å². The van der Waals surface area contributed by atoms with Crippen LogP contribution in [0.3, 0.4) is 0 Å². The van der Waals surface area contributed by atoms with Crippen LogP contribution in [0.25, 0.3) is 11.3 Å².